The number of nitrogens with zero attached hydrogens (tertiary/aromatic N) is 1. The molecule has 7 heteroatoms. The van der Waals surface area contributed by atoms with Crippen molar-refractivity contribution in [2.24, 2.45) is 0 Å². The van der Waals surface area contributed by atoms with Crippen molar-refractivity contribution in [2.75, 3.05) is 0 Å². The fraction of sp³-hybridized carbons (Fsp3) is 0.375. The molecular formula is C8H8N2O4S. The number of thioether (sulfide) groups is 1. The first-order valence-corrected chi connectivity index (χ1v) is 5.19. The van der Waals surface area contributed by atoms with Crippen molar-refractivity contribution in [3.05, 3.63) is 11.1 Å². The molecular weight excluding hydrogens is 220 g/mol. The number of amides is 2. The van der Waals surface area contributed by atoms with E-state index in [0.717, 1.165) is 0 Å². The molecule has 6 nitrogen and oxygen atoms in total. The quantitative estimate of drug-likeness (QED) is 0.494. The number of hydrogen-bond acceptors (Lipinski definition) is 5. The lowest BCUT2D eigenvalue weighted by Gasteiger charge is -2.34. The maximum Gasteiger partial charge on any atom is 0.379 e. The van der Waals surface area contributed by atoms with E-state index in [-0.39, 0.29) is 17.0 Å². The van der Waals surface area contributed by atoms with Crippen molar-refractivity contribution in [3.63, 3.8) is 0 Å². The van der Waals surface area contributed by atoms with Crippen LogP contribution in [0.5, 0.6) is 0 Å². The summed E-state index contributed by atoms with van der Waals surface area (Å²) in [4.78, 5) is 38.9. The summed E-state index contributed by atoms with van der Waals surface area (Å²) in [5, 5.41) is 1.59. The lowest BCUT2D eigenvalue weighted by Crippen LogP contribution is -2.49. The van der Waals surface area contributed by atoms with Gasteiger partial charge in [0, 0.05) is 12.3 Å². The second-order valence-electron chi connectivity index (χ2n) is 3.11. The lowest BCUT2D eigenvalue weighted by atomic mass is 10.2. The third-order valence-corrected chi connectivity index (χ3v) is 3.05. The number of hydrogen-bond donors (Lipinski definition) is 1. The highest BCUT2D eigenvalue weighted by atomic mass is 32.2. The van der Waals surface area contributed by atoms with Crippen molar-refractivity contribution in [3.8, 4) is 0 Å². The number of carbonyl (C=O) groups excluding carboxylic acids is 3. The topological polar surface area (TPSA) is 75.7 Å². The van der Waals surface area contributed by atoms with E-state index in [1.807, 2.05) is 5.48 Å². The van der Waals surface area contributed by atoms with E-state index in [1.165, 1.54) is 23.6 Å². The molecule has 2 amide bonds. The number of β-lactam (4-membered cyclic amide) rings is 1. The Hall–Kier alpha value is -1.50. The molecule has 0 aromatic rings. The number of rotatable bonds is 1. The third-order valence-electron chi connectivity index (χ3n) is 2.00. The minimum atomic E-state index is -0.715. The minimum Gasteiger partial charge on any atom is -0.334 e. The molecule has 1 atom stereocenters. The molecule has 0 bridgehead atoms. The normalized spacial score (nSPS) is 22.7. The zero-order valence-corrected chi connectivity index (χ0v) is 8.67. The van der Waals surface area contributed by atoms with Crippen LogP contribution < -0.4 is 5.48 Å². The van der Waals surface area contributed by atoms with Crippen LogP contribution in [-0.4, -0.2) is 28.1 Å². The monoisotopic (exact) mass is 228 g/mol. The van der Waals surface area contributed by atoms with Gasteiger partial charge in [-0.3, -0.25) is 14.5 Å². The van der Waals surface area contributed by atoms with Gasteiger partial charge in [-0.25, -0.2) is 4.79 Å². The molecule has 0 saturated carbocycles. The van der Waals surface area contributed by atoms with Gasteiger partial charge in [-0.1, -0.05) is 0 Å². The van der Waals surface area contributed by atoms with Crippen LogP contribution in [0, 0.1) is 0 Å². The van der Waals surface area contributed by atoms with Crippen LogP contribution in [0.4, 0.5) is 0 Å². The Morgan fingerprint density at radius 2 is 2.40 bits per heavy atom. The van der Waals surface area contributed by atoms with Gasteiger partial charge in [-0.2, -0.15) is 5.48 Å². The molecule has 0 radical (unpaired) electrons. The van der Waals surface area contributed by atoms with E-state index in [9.17, 15) is 14.4 Å². The molecule has 2 aliphatic rings. The minimum absolute atomic E-state index is 0.0254. The van der Waals surface area contributed by atoms with E-state index in [2.05, 4.69) is 4.84 Å². The first kappa shape index (κ1) is 10.0. The Morgan fingerprint density at radius 3 is 3.00 bits per heavy atom. The average Bonchev–Trinajstić information content (AvgIpc) is 2.51. The third kappa shape index (κ3) is 1.70. The molecule has 1 fully saturated rings. The molecule has 2 aliphatic heterocycles. The van der Waals surface area contributed by atoms with Crippen molar-refractivity contribution < 1.29 is 19.2 Å². The van der Waals surface area contributed by atoms with Crippen LogP contribution in [-0.2, 0) is 19.2 Å². The second kappa shape index (κ2) is 3.58. The van der Waals surface area contributed by atoms with Crippen molar-refractivity contribution in [1.29, 1.82) is 0 Å². The van der Waals surface area contributed by atoms with E-state index in [1.54, 1.807) is 5.41 Å². The zero-order valence-electron chi connectivity index (χ0n) is 7.85. The summed E-state index contributed by atoms with van der Waals surface area (Å²) >= 11 is 1.40. The molecule has 0 aromatic heterocycles. The van der Waals surface area contributed by atoms with Crippen LogP contribution in [0.15, 0.2) is 11.1 Å². The van der Waals surface area contributed by atoms with Crippen molar-refractivity contribution in [2.45, 2.75) is 18.7 Å². The first-order chi connectivity index (χ1) is 7.09. The van der Waals surface area contributed by atoms with Gasteiger partial charge in [0.1, 0.15) is 5.70 Å². The van der Waals surface area contributed by atoms with Gasteiger partial charge in [-0.05, 0) is 0 Å². The Bertz CT molecular complexity index is 379. The Balaban J connectivity index is 1.96. The fourth-order valence-corrected chi connectivity index (χ4v) is 2.39. The molecule has 15 heavy (non-hydrogen) atoms. The van der Waals surface area contributed by atoms with E-state index < -0.39 is 11.9 Å². The number of hydroxylamine groups is 1. The van der Waals surface area contributed by atoms with Gasteiger partial charge >= 0.3 is 5.97 Å². The van der Waals surface area contributed by atoms with Crippen molar-refractivity contribution >= 4 is 29.5 Å². The standard InChI is InChI=1S/C8H8N2O4S/c1-4(11)9-14-8(13)5-3-15-7-2-6(12)10(5)7/h3,7H,2H2,1H3,(H,9,11)/t7-/m1/s1. The first-order valence-electron chi connectivity index (χ1n) is 4.25. The Kier molecular flexibility index (Phi) is 2.39. The fourth-order valence-electron chi connectivity index (χ4n) is 1.30. The summed E-state index contributed by atoms with van der Waals surface area (Å²) in [5.74, 6) is -1.29. The van der Waals surface area contributed by atoms with Gasteiger partial charge in [0.05, 0.1) is 11.8 Å². The SMILES string of the molecule is CC(=O)NOC(=O)C1=CS[C@@H]2CC(=O)N12. The summed E-state index contributed by atoms with van der Waals surface area (Å²) in [6, 6.07) is 0. The highest BCUT2D eigenvalue weighted by Crippen LogP contribution is 2.40. The number of fused-ring (bicyclic) bond motifs is 1. The molecule has 80 valence electrons. The molecule has 2 rings (SSSR count). The smallest absolute Gasteiger partial charge is 0.334 e. The summed E-state index contributed by atoms with van der Waals surface area (Å²) in [6.07, 6.45) is 0.443. The highest BCUT2D eigenvalue weighted by Gasteiger charge is 2.45. The predicted octanol–water partition coefficient (Wildman–Crippen LogP) is -0.273. The predicted molar refractivity (Wildman–Crippen MR) is 50.8 cm³/mol. The lowest BCUT2D eigenvalue weighted by molar-refractivity contribution is -0.158. The maximum atomic E-state index is 11.4. The number of carbonyl (C=O) groups is 3. The zero-order chi connectivity index (χ0) is 11.0. The van der Waals surface area contributed by atoms with Crippen LogP contribution in [0.25, 0.3) is 0 Å². The second-order valence-corrected chi connectivity index (χ2v) is 4.16. The van der Waals surface area contributed by atoms with Gasteiger partial charge < -0.3 is 4.84 Å². The molecule has 1 N–H and O–H groups in total. The van der Waals surface area contributed by atoms with Crippen LogP contribution in [0.1, 0.15) is 13.3 Å². The van der Waals surface area contributed by atoms with Gasteiger partial charge in [0.15, 0.2) is 0 Å². The van der Waals surface area contributed by atoms with Crippen LogP contribution >= 0.6 is 11.8 Å². The van der Waals surface area contributed by atoms with E-state index in [4.69, 9.17) is 0 Å². The van der Waals surface area contributed by atoms with Gasteiger partial charge in [-0.15, -0.1) is 11.8 Å². The molecule has 0 unspecified atom stereocenters. The van der Waals surface area contributed by atoms with E-state index >= 15 is 0 Å². The largest absolute Gasteiger partial charge is 0.379 e. The number of nitrogens with one attached hydrogen (secondary N) is 1. The summed E-state index contributed by atoms with van der Waals surface area (Å²) in [7, 11) is 0. The molecule has 2 heterocycles. The molecule has 0 aromatic carbocycles. The summed E-state index contributed by atoms with van der Waals surface area (Å²) in [6.45, 7) is 1.22. The highest BCUT2D eigenvalue weighted by molar-refractivity contribution is 8.03. The van der Waals surface area contributed by atoms with Crippen molar-refractivity contribution in [1.82, 2.24) is 10.4 Å². The summed E-state index contributed by atoms with van der Waals surface area (Å²) < 4.78 is 0. The summed E-state index contributed by atoms with van der Waals surface area (Å²) in [5.41, 5.74) is 2.11. The van der Waals surface area contributed by atoms with Crippen LogP contribution in [0.3, 0.4) is 0 Å². The van der Waals surface area contributed by atoms with Gasteiger partial charge in [0.2, 0.25) is 11.8 Å². The Labute approximate surface area is 89.6 Å². The molecule has 0 aliphatic carbocycles. The van der Waals surface area contributed by atoms with Crippen LogP contribution in [0.2, 0.25) is 0 Å². The van der Waals surface area contributed by atoms with E-state index in [0.29, 0.717) is 6.42 Å². The Morgan fingerprint density at radius 1 is 1.67 bits per heavy atom. The average molecular weight is 228 g/mol. The van der Waals surface area contributed by atoms with Gasteiger partial charge in [0.25, 0.3) is 0 Å². The maximum absolute atomic E-state index is 11.4. The molecule has 0 spiro atoms. The molecule has 1 saturated heterocycles.